The third-order valence-corrected chi connectivity index (χ3v) is 8.28. The van der Waals surface area contributed by atoms with Gasteiger partial charge in [0.15, 0.2) is 0 Å². The SMILES string of the molecule is C=CCN(Cc1ccc(C#N)cc1)C(=O)C1CCN(S(=O)(=O)c2cccs2)CC1. The van der Waals surface area contributed by atoms with E-state index in [1.807, 2.05) is 12.1 Å². The lowest BCUT2D eigenvalue weighted by Crippen LogP contribution is -2.44. The number of carbonyl (C=O) groups excluding carboxylic acids is 1. The van der Waals surface area contributed by atoms with Crippen molar-refractivity contribution < 1.29 is 13.2 Å². The number of nitrogens with zero attached hydrogens (tertiary/aromatic N) is 3. The van der Waals surface area contributed by atoms with Crippen molar-refractivity contribution in [1.82, 2.24) is 9.21 Å². The monoisotopic (exact) mass is 429 g/mol. The van der Waals surface area contributed by atoms with Crippen LogP contribution in [0.2, 0.25) is 0 Å². The number of amides is 1. The molecule has 1 aliphatic heterocycles. The molecule has 0 unspecified atom stereocenters. The van der Waals surface area contributed by atoms with Gasteiger partial charge >= 0.3 is 0 Å². The maximum absolute atomic E-state index is 13.1. The Hall–Kier alpha value is -2.47. The predicted octanol–water partition coefficient (Wildman–Crippen LogP) is 3.24. The van der Waals surface area contributed by atoms with Crippen LogP contribution >= 0.6 is 11.3 Å². The van der Waals surface area contributed by atoms with Gasteiger partial charge in [-0.25, -0.2) is 8.42 Å². The van der Waals surface area contributed by atoms with Gasteiger partial charge < -0.3 is 4.90 Å². The Labute approximate surface area is 175 Å². The first-order valence-corrected chi connectivity index (χ1v) is 11.7. The Morgan fingerprint density at radius 1 is 1.28 bits per heavy atom. The maximum Gasteiger partial charge on any atom is 0.252 e. The summed E-state index contributed by atoms with van der Waals surface area (Å²) in [4.78, 5) is 14.8. The minimum Gasteiger partial charge on any atom is -0.334 e. The molecule has 0 radical (unpaired) electrons. The zero-order valence-corrected chi connectivity index (χ0v) is 17.7. The van der Waals surface area contributed by atoms with Crippen molar-refractivity contribution in [3.63, 3.8) is 0 Å². The molecule has 0 aliphatic carbocycles. The number of carbonyl (C=O) groups is 1. The summed E-state index contributed by atoms with van der Waals surface area (Å²) < 4.78 is 27.1. The number of rotatable bonds is 7. The van der Waals surface area contributed by atoms with Gasteiger partial charge in [-0.3, -0.25) is 4.79 Å². The first kappa shape index (κ1) is 21.2. The molecule has 1 amide bonds. The smallest absolute Gasteiger partial charge is 0.252 e. The van der Waals surface area contributed by atoms with E-state index in [1.165, 1.54) is 15.6 Å². The van der Waals surface area contributed by atoms with E-state index in [9.17, 15) is 13.2 Å². The number of hydrogen-bond donors (Lipinski definition) is 0. The molecule has 0 N–H and O–H groups in total. The van der Waals surface area contributed by atoms with Crippen LogP contribution in [0.4, 0.5) is 0 Å². The van der Waals surface area contributed by atoms with Crippen LogP contribution in [0, 0.1) is 17.2 Å². The van der Waals surface area contributed by atoms with Crippen LogP contribution in [-0.4, -0.2) is 43.2 Å². The van der Waals surface area contributed by atoms with Crippen LogP contribution in [0.5, 0.6) is 0 Å². The van der Waals surface area contributed by atoms with Crippen LogP contribution in [0.25, 0.3) is 0 Å². The van der Waals surface area contributed by atoms with Crippen molar-refractivity contribution in [1.29, 1.82) is 5.26 Å². The van der Waals surface area contributed by atoms with Gasteiger partial charge in [-0.2, -0.15) is 9.57 Å². The van der Waals surface area contributed by atoms with E-state index in [-0.39, 0.29) is 11.8 Å². The van der Waals surface area contributed by atoms with Gasteiger partial charge in [0.25, 0.3) is 10.0 Å². The van der Waals surface area contributed by atoms with E-state index in [0.717, 1.165) is 5.56 Å². The lowest BCUT2D eigenvalue weighted by atomic mass is 9.96. The highest BCUT2D eigenvalue weighted by Gasteiger charge is 2.34. The molecule has 0 spiro atoms. The van der Waals surface area contributed by atoms with Gasteiger partial charge in [0.2, 0.25) is 5.91 Å². The first-order valence-electron chi connectivity index (χ1n) is 9.38. The van der Waals surface area contributed by atoms with Gasteiger partial charge in [0.05, 0.1) is 11.6 Å². The van der Waals surface area contributed by atoms with Gasteiger partial charge in [-0.1, -0.05) is 24.3 Å². The summed E-state index contributed by atoms with van der Waals surface area (Å²) in [6.45, 7) is 5.29. The summed E-state index contributed by atoms with van der Waals surface area (Å²) in [7, 11) is -3.47. The van der Waals surface area contributed by atoms with Crippen LogP contribution < -0.4 is 0 Å². The Bertz CT molecular complexity index is 985. The molecule has 29 heavy (non-hydrogen) atoms. The van der Waals surface area contributed by atoms with E-state index in [0.29, 0.717) is 48.8 Å². The van der Waals surface area contributed by atoms with Crippen molar-refractivity contribution in [2.75, 3.05) is 19.6 Å². The molecular formula is C21H23N3O3S2. The lowest BCUT2D eigenvalue weighted by Gasteiger charge is -2.33. The molecular weight excluding hydrogens is 406 g/mol. The highest BCUT2D eigenvalue weighted by molar-refractivity contribution is 7.91. The zero-order chi connectivity index (χ0) is 20.9. The van der Waals surface area contributed by atoms with E-state index in [2.05, 4.69) is 12.6 Å². The molecule has 0 saturated carbocycles. The number of hydrogen-bond acceptors (Lipinski definition) is 5. The van der Waals surface area contributed by atoms with Crippen LogP contribution in [-0.2, 0) is 21.4 Å². The molecule has 152 valence electrons. The minimum absolute atomic E-state index is 0.0161. The molecule has 2 aromatic rings. The Kier molecular flexibility index (Phi) is 6.85. The van der Waals surface area contributed by atoms with E-state index < -0.39 is 10.0 Å². The van der Waals surface area contributed by atoms with E-state index in [1.54, 1.807) is 40.6 Å². The zero-order valence-electron chi connectivity index (χ0n) is 16.0. The largest absolute Gasteiger partial charge is 0.334 e. The number of sulfonamides is 1. The second-order valence-electron chi connectivity index (χ2n) is 6.93. The molecule has 6 nitrogen and oxygen atoms in total. The maximum atomic E-state index is 13.1. The fourth-order valence-corrected chi connectivity index (χ4v) is 6.05. The normalized spacial score (nSPS) is 15.6. The van der Waals surface area contributed by atoms with Crippen molar-refractivity contribution in [2.45, 2.75) is 23.6 Å². The standard InChI is InChI=1S/C21H23N3O3S2/c1-2-11-23(16-18-7-5-17(15-22)6-8-18)21(25)19-9-12-24(13-10-19)29(26,27)20-4-3-14-28-20/h2-8,14,19H,1,9-13,16H2. The fourth-order valence-electron chi connectivity index (χ4n) is 3.43. The van der Waals surface area contributed by atoms with Gasteiger partial charge in [-0.05, 0) is 42.0 Å². The Morgan fingerprint density at radius 3 is 2.52 bits per heavy atom. The van der Waals surface area contributed by atoms with Crippen LogP contribution in [0.15, 0.2) is 58.6 Å². The highest BCUT2D eigenvalue weighted by Crippen LogP contribution is 2.27. The van der Waals surface area contributed by atoms with Gasteiger partial charge in [-0.15, -0.1) is 17.9 Å². The third-order valence-electron chi connectivity index (χ3n) is 5.01. The third kappa shape index (κ3) is 4.93. The highest BCUT2D eigenvalue weighted by atomic mass is 32.2. The van der Waals surface area contributed by atoms with Crippen molar-refractivity contribution in [3.8, 4) is 6.07 Å². The number of piperidine rings is 1. The number of nitriles is 1. The molecule has 1 saturated heterocycles. The average Bonchev–Trinajstić information content (AvgIpc) is 3.29. The average molecular weight is 430 g/mol. The molecule has 2 heterocycles. The summed E-state index contributed by atoms with van der Waals surface area (Å²) in [6.07, 6.45) is 2.70. The van der Waals surface area contributed by atoms with Crippen LogP contribution in [0.3, 0.4) is 0 Å². The minimum atomic E-state index is -3.47. The second-order valence-corrected chi connectivity index (χ2v) is 10.0. The molecule has 3 rings (SSSR count). The van der Waals surface area contributed by atoms with Crippen LogP contribution in [0.1, 0.15) is 24.0 Å². The first-order chi connectivity index (χ1) is 14.0. The molecule has 1 aliphatic rings. The fraction of sp³-hybridized carbons (Fsp3) is 0.333. The van der Waals surface area contributed by atoms with E-state index >= 15 is 0 Å². The predicted molar refractivity (Wildman–Crippen MR) is 113 cm³/mol. The Balaban J connectivity index is 1.64. The molecule has 1 fully saturated rings. The topological polar surface area (TPSA) is 81.5 Å². The molecule has 1 aromatic heterocycles. The Morgan fingerprint density at radius 2 is 1.97 bits per heavy atom. The van der Waals surface area contributed by atoms with Gasteiger partial charge in [0.1, 0.15) is 4.21 Å². The molecule has 1 aromatic carbocycles. The van der Waals surface area contributed by atoms with Crippen molar-refractivity contribution in [3.05, 3.63) is 65.6 Å². The van der Waals surface area contributed by atoms with E-state index in [4.69, 9.17) is 5.26 Å². The molecule has 0 bridgehead atoms. The van der Waals surface area contributed by atoms with Gasteiger partial charge in [0, 0.05) is 32.1 Å². The summed E-state index contributed by atoms with van der Waals surface area (Å²) in [5, 5.41) is 10.7. The lowest BCUT2D eigenvalue weighted by molar-refractivity contribution is -0.136. The van der Waals surface area contributed by atoms with Crippen molar-refractivity contribution >= 4 is 27.3 Å². The molecule has 0 atom stereocenters. The summed E-state index contributed by atoms with van der Waals surface area (Å²) in [6, 6.07) is 12.6. The quantitative estimate of drug-likeness (QED) is 0.633. The summed E-state index contributed by atoms with van der Waals surface area (Å²) in [5.74, 6) is -0.189. The van der Waals surface area contributed by atoms with Crippen molar-refractivity contribution in [2.24, 2.45) is 5.92 Å². The number of benzene rings is 1. The second kappa shape index (κ2) is 9.35. The molecule has 8 heteroatoms. The summed E-state index contributed by atoms with van der Waals surface area (Å²) >= 11 is 1.21. The number of thiophene rings is 1. The summed E-state index contributed by atoms with van der Waals surface area (Å²) in [5.41, 5.74) is 1.52.